The summed E-state index contributed by atoms with van der Waals surface area (Å²) in [5.41, 5.74) is 1.78. The predicted octanol–water partition coefficient (Wildman–Crippen LogP) is 4.69. The van der Waals surface area contributed by atoms with Gasteiger partial charge < -0.3 is 9.47 Å². The molecule has 28 heavy (non-hydrogen) atoms. The summed E-state index contributed by atoms with van der Waals surface area (Å²) in [6, 6.07) is 6.82. The molecule has 5 nitrogen and oxygen atoms in total. The van der Waals surface area contributed by atoms with Gasteiger partial charge in [-0.3, -0.25) is 4.79 Å². The molecule has 0 N–H and O–H groups in total. The van der Waals surface area contributed by atoms with E-state index in [-0.39, 0.29) is 29.8 Å². The Kier molecular flexibility index (Phi) is 5.25. The van der Waals surface area contributed by atoms with Crippen molar-refractivity contribution in [2.45, 2.75) is 38.9 Å². The highest BCUT2D eigenvalue weighted by atomic mass is 35.5. The van der Waals surface area contributed by atoms with E-state index in [0.29, 0.717) is 34.0 Å². The molecule has 0 bridgehead atoms. The predicted molar refractivity (Wildman–Crippen MR) is 107 cm³/mol. The Labute approximate surface area is 172 Å². The fourth-order valence-corrected chi connectivity index (χ4v) is 4.90. The summed E-state index contributed by atoms with van der Waals surface area (Å²) in [7, 11) is 0. The number of aryl methyl sites for hydroxylation is 1. The third-order valence-corrected chi connectivity index (χ3v) is 6.73. The Morgan fingerprint density at radius 3 is 2.82 bits per heavy atom. The van der Waals surface area contributed by atoms with Crippen LogP contribution in [0.5, 0.6) is 0 Å². The lowest BCUT2D eigenvalue weighted by Crippen LogP contribution is -2.48. The van der Waals surface area contributed by atoms with Crippen molar-refractivity contribution in [2.24, 2.45) is 11.8 Å². The highest BCUT2D eigenvalue weighted by molar-refractivity contribution is 7.11. The minimum absolute atomic E-state index is 0.0633. The Balaban J connectivity index is 1.49. The molecule has 2 aromatic rings. The van der Waals surface area contributed by atoms with E-state index in [9.17, 15) is 9.59 Å². The second-order valence-electron chi connectivity index (χ2n) is 7.26. The number of nitrogens with zero attached hydrogens (tertiary/aromatic N) is 1. The van der Waals surface area contributed by atoms with Gasteiger partial charge in [-0.1, -0.05) is 30.7 Å². The van der Waals surface area contributed by atoms with E-state index >= 15 is 0 Å². The normalized spacial score (nSPS) is 26.8. The Hall–Kier alpha value is -2.18. The zero-order valence-corrected chi connectivity index (χ0v) is 17.1. The van der Waals surface area contributed by atoms with Crippen LogP contribution < -0.4 is 0 Å². The lowest BCUT2D eigenvalue weighted by Gasteiger charge is -2.41. The number of rotatable bonds is 3. The quantitative estimate of drug-likeness (QED) is 0.678. The molecule has 0 saturated heterocycles. The van der Waals surface area contributed by atoms with Gasteiger partial charge in [0.1, 0.15) is 17.2 Å². The van der Waals surface area contributed by atoms with Crippen LogP contribution in [0.4, 0.5) is 0 Å². The van der Waals surface area contributed by atoms with E-state index in [0.717, 1.165) is 5.69 Å². The van der Waals surface area contributed by atoms with Crippen molar-refractivity contribution in [1.29, 1.82) is 0 Å². The van der Waals surface area contributed by atoms with Crippen molar-refractivity contribution in [3.63, 3.8) is 0 Å². The van der Waals surface area contributed by atoms with Gasteiger partial charge in [0.25, 0.3) is 0 Å². The number of benzene rings is 1. The van der Waals surface area contributed by atoms with E-state index in [1.165, 1.54) is 17.6 Å². The number of allylic oxidation sites excluding steroid dienone is 1. The zero-order valence-electron chi connectivity index (χ0n) is 15.6. The molecule has 1 fully saturated rings. The Bertz CT molecular complexity index is 953. The molecule has 7 heteroatoms. The molecule has 2 heterocycles. The molecule has 4 atom stereocenters. The van der Waals surface area contributed by atoms with Gasteiger partial charge in [-0.15, -0.1) is 11.3 Å². The topological polar surface area (TPSA) is 65.5 Å². The van der Waals surface area contributed by atoms with Gasteiger partial charge in [0, 0.05) is 17.0 Å². The van der Waals surface area contributed by atoms with Gasteiger partial charge in [-0.2, -0.15) is 0 Å². The lowest BCUT2D eigenvalue weighted by molar-refractivity contribution is -0.131. The van der Waals surface area contributed by atoms with Gasteiger partial charge in [0.2, 0.25) is 0 Å². The smallest absolute Gasteiger partial charge is 0.339 e. The molecule has 1 saturated carbocycles. The van der Waals surface area contributed by atoms with Gasteiger partial charge in [0.15, 0.2) is 5.78 Å². The number of fused-ring (bicyclic) bond motifs is 1. The third-order valence-electron chi connectivity index (χ3n) is 5.41. The van der Waals surface area contributed by atoms with Crippen LogP contribution in [0.2, 0.25) is 5.02 Å². The van der Waals surface area contributed by atoms with Crippen LogP contribution in [0.25, 0.3) is 5.57 Å². The van der Waals surface area contributed by atoms with Crippen molar-refractivity contribution in [3.8, 4) is 0 Å². The fourth-order valence-electron chi connectivity index (χ4n) is 3.88. The van der Waals surface area contributed by atoms with Crippen LogP contribution in [0.15, 0.2) is 35.9 Å². The molecule has 0 amide bonds. The second-order valence-corrected chi connectivity index (χ2v) is 8.52. The van der Waals surface area contributed by atoms with Crippen LogP contribution in [0.1, 0.15) is 40.8 Å². The van der Waals surface area contributed by atoms with Crippen molar-refractivity contribution < 1.29 is 19.1 Å². The molecule has 1 aliphatic carbocycles. The number of thiazole rings is 1. The monoisotopic (exact) mass is 417 g/mol. The van der Waals surface area contributed by atoms with Crippen LogP contribution >= 0.6 is 22.9 Å². The largest absolute Gasteiger partial charge is 0.496 e. The summed E-state index contributed by atoms with van der Waals surface area (Å²) in [6.07, 6.45) is 2.11. The molecule has 0 radical (unpaired) electrons. The van der Waals surface area contributed by atoms with Crippen LogP contribution in [0, 0.1) is 18.8 Å². The van der Waals surface area contributed by atoms with E-state index in [1.807, 2.05) is 19.2 Å². The number of carbonyl (C=O) groups excluding carboxylic acids is 2. The first-order chi connectivity index (χ1) is 13.5. The molecule has 1 aromatic carbocycles. The first kappa shape index (κ1) is 19.2. The fraction of sp³-hybridized carbons (Fsp3) is 0.381. The van der Waals surface area contributed by atoms with Crippen molar-refractivity contribution >= 4 is 40.3 Å². The maximum absolute atomic E-state index is 13.0. The van der Waals surface area contributed by atoms with Crippen molar-refractivity contribution in [3.05, 3.63) is 57.2 Å². The third kappa shape index (κ3) is 3.47. The molecule has 1 aromatic heterocycles. The summed E-state index contributed by atoms with van der Waals surface area (Å²) in [5, 5.41) is 2.98. The lowest BCUT2D eigenvalue weighted by atomic mass is 9.73. The number of esters is 1. The maximum Gasteiger partial charge on any atom is 0.339 e. The average Bonchev–Trinajstić information content (AvgIpc) is 3.11. The highest BCUT2D eigenvalue weighted by Crippen LogP contribution is 2.40. The minimum atomic E-state index is -0.447. The van der Waals surface area contributed by atoms with E-state index in [2.05, 4.69) is 4.98 Å². The molecular formula is C21H20ClNO4S. The molecule has 2 aliphatic rings. The first-order valence-electron chi connectivity index (χ1n) is 9.23. The summed E-state index contributed by atoms with van der Waals surface area (Å²) in [6.45, 7) is 3.86. The average molecular weight is 418 g/mol. The number of ketones is 1. The summed E-state index contributed by atoms with van der Waals surface area (Å²) >= 11 is 7.54. The highest BCUT2D eigenvalue weighted by Gasteiger charge is 2.46. The Morgan fingerprint density at radius 2 is 2.11 bits per heavy atom. The maximum atomic E-state index is 13.0. The zero-order chi connectivity index (χ0) is 19.8. The molecule has 0 spiro atoms. The molecule has 1 aliphatic heterocycles. The SMILES string of the molecule is Cc1csc(C2=COC3C(CCC(OC(=O)c4ccccc4Cl)C3C)C2=O)n1. The Morgan fingerprint density at radius 1 is 1.32 bits per heavy atom. The van der Waals surface area contributed by atoms with Crippen molar-refractivity contribution in [2.75, 3.05) is 0 Å². The van der Waals surface area contributed by atoms with Crippen LogP contribution in [0.3, 0.4) is 0 Å². The number of hydrogen-bond donors (Lipinski definition) is 0. The van der Waals surface area contributed by atoms with Gasteiger partial charge in [-0.05, 0) is 31.9 Å². The second kappa shape index (κ2) is 7.68. The molecule has 4 unspecified atom stereocenters. The summed E-state index contributed by atoms with van der Waals surface area (Å²) < 4.78 is 11.7. The van der Waals surface area contributed by atoms with Crippen LogP contribution in [-0.4, -0.2) is 28.9 Å². The summed E-state index contributed by atoms with van der Waals surface area (Å²) in [4.78, 5) is 29.9. The van der Waals surface area contributed by atoms with Gasteiger partial charge in [-0.25, -0.2) is 9.78 Å². The molecule has 4 rings (SSSR count). The van der Waals surface area contributed by atoms with E-state index in [1.54, 1.807) is 24.3 Å². The number of halogens is 1. The molecular weight excluding hydrogens is 398 g/mol. The first-order valence-corrected chi connectivity index (χ1v) is 10.5. The summed E-state index contributed by atoms with van der Waals surface area (Å²) in [5.74, 6) is -0.731. The molecule has 146 valence electrons. The van der Waals surface area contributed by atoms with Crippen molar-refractivity contribution in [1.82, 2.24) is 4.98 Å². The number of carbonyl (C=O) groups is 2. The van der Waals surface area contributed by atoms with Crippen LogP contribution in [-0.2, 0) is 14.3 Å². The number of ether oxygens (including phenoxy) is 2. The minimum Gasteiger partial charge on any atom is -0.496 e. The van der Waals surface area contributed by atoms with Gasteiger partial charge in [0.05, 0.1) is 28.3 Å². The number of aromatic nitrogens is 1. The van der Waals surface area contributed by atoms with Gasteiger partial charge >= 0.3 is 5.97 Å². The number of Topliss-reactive ketones (excluding diaryl/α,β-unsaturated/α-hetero) is 1. The van der Waals surface area contributed by atoms with E-state index in [4.69, 9.17) is 21.1 Å². The van der Waals surface area contributed by atoms with E-state index < -0.39 is 5.97 Å². The standard InChI is InChI=1S/C21H20ClNO4S/c1-11-10-28-20(23-11)15-9-26-19-12(2)17(8-7-14(19)18(15)24)27-21(25)13-5-3-4-6-16(13)22/h3-6,9-10,12,14,17,19H,7-8H2,1-2H3. The number of hydrogen-bond acceptors (Lipinski definition) is 6.